The third kappa shape index (κ3) is 14.8. The molecule has 1 fully saturated rings. The number of likely N-dealkylation sites (tertiary alicyclic amines) is 1. The maximum atomic E-state index is 14.7. The van der Waals surface area contributed by atoms with Crippen LogP contribution in [0.4, 0.5) is 9.59 Å². The van der Waals surface area contributed by atoms with Crippen LogP contribution in [0, 0.1) is 5.92 Å². The number of likely N-dealkylation sites (N-methyl/N-ethyl adjacent to an activating group) is 2. The standard InChI is InChI=1S/C52H68BrClN4O9/c1-33(2)28-43(55-49(62)67-52(6,7)8)46(59)56(9)45(30-34-29-35(54)24-25-42(34)53)47(60)58-26-17-18-36(58)31-64-27-16-15-23-44(48(61)66-51(3,4)5)57(10)50(63)65-32-41-39-21-13-11-19-37(39)38-20-12-14-22-40(38)41/h11-16,19-22,24-25,29,33,36,41,43-45H,17-18,23,26-28,30-32H2,1-10H3,(H,55,62)/b16-15-/t36-,43+,44+,45+/m1/s1. The highest BCUT2D eigenvalue weighted by Gasteiger charge is 2.40. The SMILES string of the molecule is CC(C)C[C@H](NC(=O)OC(C)(C)C)C(=O)N(C)[C@@H](Cc1cc(Cl)ccc1Br)C(=O)N1CCC[C@@H]1COC/C=C\C[C@@H](C(=O)OC(C)(C)C)N(C)C(=O)OCC1c2ccccc2-c2ccccc21. The van der Waals surface area contributed by atoms with Crippen molar-refractivity contribution in [2.75, 3.05) is 40.5 Å². The van der Waals surface area contributed by atoms with E-state index in [1.165, 1.54) is 16.8 Å². The van der Waals surface area contributed by atoms with Crippen LogP contribution in [0.3, 0.4) is 0 Å². The maximum Gasteiger partial charge on any atom is 0.410 e. The Kier molecular flexibility index (Phi) is 18.5. The molecular weight excluding hydrogens is 940 g/mol. The van der Waals surface area contributed by atoms with Gasteiger partial charge in [0.15, 0.2) is 0 Å². The Morgan fingerprint density at radius 3 is 2.09 bits per heavy atom. The van der Waals surface area contributed by atoms with Gasteiger partial charge in [0.25, 0.3) is 0 Å². The average molecular weight is 1010 g/mol. The van der Waals surface area contributed by atoms with E-state index in [1.807, 2.05) is 44.2 Å². The minimum Gasteiger partial charge on any atom is -0.458 e. The van der Waals surface area contributed by atoms with Crippen LogP contribution in [0.1, 0.15) is 104 Å². The molecule has 13 nitrogen and oxygen atoms in total. The molecule has 1 saturated heterocycles. The summed E-state index contributed by atoms with van der Waals surface area (Å²) in [7, 11) is 3.13. The summed E-state index contributed by atoms with van der Waals surface area (Å²) >= 11 is 10.0. The van der Waals surface area contributed by atoms with E-state index in [4.69, 9.17) is 30.5 Å². The molecule has 3 aromatic carbocycles. The van der Waals surface area contributed by atoms with E-state index >= 15 is 0 Å². The first-order valence-electron chi connectivity index (χ1n) is 23.1. The number of carbonyl (C=O) groups excluding carboxylic acids is 5. The fraction of sp³-hybridized carbons (Fsp3) is 0.519. The molecule has 0 aromatic heterocycles. The lowest BCUT2D eigenvalue weighted by atomic mass is 9.98. The molecule has 4 atom stereocenters. The van der Waals surface area contributed by atoms with Crippen molar-refractivity contribution in [3.63, 3.8) is 0 Å². The van der Waals surface area contributed by atoms with Crippen LogP contribution in [0.2, 0.25) is 5.02 Å². The van der Waals surface area contributed by atoms with Crippen molar-refractivity contribution in [2.45, 2.75) is 129 Å². The van der Waals surface area contributed by atoms with E-state index < -0.39 is 53.4 Å². The monoisotopic (exact) mass is 1010 g/mol. The van der Waals surface area contributed by atoms with Gasteiger partial charge in [-0.25, -0.2) is 14.4 Å². The molecule has 364 valence electrons. The van der Waals surface area contributed by atoms with Crippen LogP contribution in [0.5, 0.6) is 0 Å². The van der Waals surface area contributed by atoms with Gasteiger partial charge in [0.1, 0.15) is 35.9 Å². The fourth-order valence-electron chi connectivity index (χ4n) is 8.50. The molecule has 1 aliphatic carbocycles. The number of amides is 4. The van der Waals surface area contributed by atoms with Gasteiger partial charge in [-0.15, -0.1) is 0 Å². The summed E-state index contributed by atoms with van der Waals surface area (Å²) in [5.41, 5.74) is 3.60. The number of rotatable bonds is 18. The third-order valence-corrected chi connectivity index (χ3v) is 12.7. The Hall–Kier alpha value is -4.92. The molecule has 2 aliphatic rings. The number of ether oxygens (including phenoxy) is 4. The van der Waals surface area contributed by atoms with Gasteiger partial charge < -0.3 is 34.1 Å². The lowest BCUT2D eigenvalue weighted by molar-refractivity contribution is -0.160. The number of halogens is 2. The van der Waals surface area contributed by atoms with Crippen LogP contribution >= 0.6 is 27.5 Å². The molecule has 0 radical (unpaired) electrons. The maximum absolute atomic E-state index is 14.7. The molecule has 1 heterocycles. The van der Waals surface area contributed by atoms with Crippen molar-refractivity contribution in [2.24, 2.45) is 5.92 Å². The lowest BCUT2D eigenvalue weighted by Crippen LogP contribution is -2.57. The van der Waals surface area contributed by atoms with Gasteiger partial charge in [-0.3, -0.25) is 14.5 Å². The molecule has 67 heavy (non-hydrogen) atoms. The summed E-state index contributed by atoms with van der Waals surface area (Å²) in [5.74, 6) is -1.31. The van der Waals surface area contributed by atoms with E-state index in [2.05, 4.69) is 45.5 Å². The van der Waals surface area contributed by atoms with Gasteiger partial charge in [-0.2, -0.15) is 0 Å². The minimum atomic E-state index is -0.968. The van der Waals surface area contributed by atoms with Crippen molar-refractivity contribution >= 4 is 57.5 Å². The molecule has 0 bridgehead atoms. The second-order valence-electron chi connectivity index (χ2n) is 19.8. The van der Waals surface area contributed by atoms with Gasteiger partial charge >= 0.3 is 18.2 Å². The predicted molar refractivity (Wildman–Crippen MR) is 264 cm³/mol. The van der Waals surface area contributed by atoms with Crippen LogP contribution in [0.25, 0.3) is 11.1 Å². The van der Waals surface area contributed by atoms with Gasteiger partial charge in [0.05, 0.1) is 19.3 Å². The fourth-order valence-corrected chi connectivity index (χ4v) is 9.10. The lowest BCUT2D eigenvalue weighted by Gasteiger charge is -2.36. The van der Waals surface area contributed by atoms with Gasteiger partial charge in [-0.05, 0) is 119 Å². The largest absolute Gasteiger partial charge is 0.458 e. The highest BCUT2D eigenvalue weighted by molar-refractivity contribution is 9.10. The Morgan fingerprint density at radius 2 is 1.48 bits per heavy atom. The average Bonchev–Trinajstić information content (AvgIpc) is 3.85. The molecule has 0 unspecified atom stereocenters. The van der Waals surface area contributed by atoms with E-state index in [0.29, 0.717) is 24.4 Å². The molecule has 1 aliphatic heterocycles. The highest BCUT2D eigenvalue weighted by Crippen LogP contribution is 2.44. The van der Waals surface area contributed by atoms with E-state index in [9.17, 15) is 24.0 Å². The molecule has 1 N–H and O–H groups in total. The number of alkyl carbamates (subject to hydrolysis) is 1. The van der Waals surface area contributed by atoms with Crippen molar-refractivity contribution in [1.82, 2.24) is 20.0 Å². The van der Waals surface area contributed by atoms with E-state index in [0.717, 1.165) is 38.7 Å². The van der Waals surface area contributed by atoms with Crippen molar-refractivity contribution in [1.29, 1.82) is 0 Å². The first-order chi connectivity index (χ1) is 31.5. The van der Waals surface area contributed by atoms with Crippen LogP contribution in [-0.4, -0.2) is 121 Å². The second-order valence-corrected chi connectivity index (χ2v) is 21.1. The summed E-state index contributed by atoms with van der Waals surface area (Å²) in [6.07, 6.45) is 4.29. The zero-order valence-electron chi connectivity index (χ0n) is 40.6. The Labute approximate surface area is 410 Å². The first-order valence-corrected chi connectivity index (χ1v) is 24.3. The van der Waals surface area contributed by atoms with Crippen molar-refractivity contribution in [3.8, 4) is 11.1 Å². The molecule has 0 saturated carbocycles. The molecule has 5 rings (SSSR count). The summed E-state index contributed by atoms with van der Waals surface area (Å²) < 4.78 is 24.0. The summed E-state index contributed by atoms with van der Waals surface area (Å²) in [5, 5.41) is 3.25. The number of nitrogens with one attached hydrogen (secondary N) is 1. The number of esters is 1. The highest BCUT2D eigenvalue weighted by atomic mass is 79.9. The second kappa shape index (κ2) is 23.4. The molecule has 4 amide bonds. The van der Waals surface area contributed by atoms with Gasteiger partial charge in [0, 0.05) is 42.5 Å². The van der Waals surface area contributed by atoms with Crippen molar-refractivity contribution in [3.05, 3.63) is 105 Å². The van der Waals surface area contributed by atoms with Gasteiger partial charge in [-0.1, -0.05) is 102 Å². The zero-order chi connectivity index (χ0) is 49.2. The third-order valence-electron chi connectivity index (χ3n) is 11.7. The molecule has 0 spiro atoms. The number of fused-ring (bicyclic) bond motifs is 3. The zero-order valence-corrected chi connectivity index (χ0v) is 42.9. The quantitative estimate of drug-likeness (QED) is 0.0570. The van der Waals surface area contributed by atoms with E-state index in [1.54, 1.807) is 77.8 Å². The number of nitrogens with zero attached hydrogens (tertiary/aromatic N) is 3. The molecule has 15 heteroatoms. The molecule has 3 aromatic rings. The molecular formula is C52H68BrClN4O9. The Balaban J connectivity index is 1.24. The summed E-state index contributed by atoms with van der Waals surface area (Å²) in [6.45, 7) is 15.5. The number of hydrogen-bond acceptors (Lipinski definition) is 9. The van der Waals surface area contributed by atoms with Crippen LogP contribution in [0.15, 0.2) is 83.4 Å². The summed E-state index contributed by atoms with van der Waals surface area (Å²) in [6, 6.07) is 18.4. The topological polar surface area (TPSA) is 144 Å². The Morgan fingerprint density at radius 1 is 0.851 bits per heavy atom. The number of benzene rings is 3. The van der Waals surface area contributed by atoms with Gasteiger partial charge in [0.2, 0.25) is 11.8 Å². The predicted octanol–water partition coefficient (Wildman–Crippen LogP) is 9.96. The summed E-state index contributed by atoms with van der Waals surface area (Å²) in [4.78, 5) is 73.5. The van der Waals surface area contributed by atoms with Crippen LogP contribution in [-0.2, 0) is 39.8 Å². The number of hydrogen-bond donors (Lipinski definition) is 1. The Bertz CT molecular complexity index is 2210. The smallest absolute Gasteiger partial charge is 0.410 e. The van der Waals surface area contributed by atoms with Crippen LogP contribution < -0.4 is 5.32 Å². The minimum absolute atomic E-state index is 0.0492. The van der Waals surface area contributed by atoms with Crippen molar-refractivity contribution < 1.29 is 42.9 Å². The normalized spacial score (nSPS) is 16.3. The van der Waals surface area contributed by atoms with E-state index in [-0.39, 0.29) is 56.4 Å². The number of carbonyl (C=O) groups is 5. The first kappa shape index (κ1) is 53.0.